The molecule has 0 aliphatic rings. The Morgan fingerprint density at radius 3 is 2.70 bits per heavy atom. The summed E-state index contributed by atoms with van der Waals surface area (Å²) in [5.41, 5.74) is 3.48. The van der Waals surface area contributed by atoms with E-state index in [1.807, 2.05) is 17.7 Å². The SMILES string of the molecule is CCNC(=O)c1cc(-n2nc(CC)cc2CC)ccn1. The first kappa shape index (κ1) is 14.2. The minimum atomic E-state index is -0.157. The van der Waals surface area contributed by atoms with Crippen molar-refractivity contribution >= 4 is 5.91 Å². The second-order valence-corrected chi connectivity index (χ2v) is 4.50. The van der Waals surface area contributed by atoms with Gasteiger partial charge in [-0.1, -0.05) is 13.8 Å². The summed E-state index contributed by atoms with van der Waals surface area (Å²) in [6, 6.07) is 5.75. The van der Waals surface area contributed by atoms with Crippen LogP contribution in [0.2, 0.25) is 0 Å². The molecule has 5 nitrogen and oxygen atoms in total. The molecule has 2 aromatic rings. The average Bonchev–Trinajstić information content (AvgIpc) is 2.91. The third kappa shape index (κ3) is 2.87. The third-order valence-electron chi connectivity index (χ3n) is 3.12. The van der Waals surface area contributed by atoms with Gasteiger partial charge >= 0.3 is 0 Å². The molecule has 2 heterocycles. The largest absolute Gasteiger partial charge is 0.351 e. The van der Waals surface area contributed by atoms with Crippen molar-refractivity contribution in [1.29, 1.82) is 0 Å². The van der Waals surface area contributed by atoms with Crippen LogP contribution in [0.4, 0.5) is 0 Å². The predicted octanol–water partition coefficient (Wildman–Crippen LogP) is 2.14. The van der Waals surface area contributed by atoms with Crippen molar-refractivity contribution in [2.24, 2.45) is 0 Å². The smallest absolute Gasteiger partial charge is 0.269 e. The highest BCUT2D eigenvalue weighted by atomic mass is 16.1. The molecule has 106 valence electrons. The van der Waals surface area contributed by atoms with Gasteiger partial charge in [-0.15, -0.1) is 0 Å². The molecular weight excluding hydrogens is 252 g/mol. The van der Waals surface area contributed by atoms with Crippen molar-refractivity contribution in [3.05, 3.63) is 41.5 Å². The standard InChI is InChI=1S/C15H20N4O/c1-4-11-9-12(5-2)19(18-11)13-7-8-17-14(10-13)15(20)16-6-3/h7-10H,4-6H2,1-3H3,(H,16,20). The summed E-state index contributed by atoms with van der Waals surface area (Å²) < 4.78 is 1.89. The van der Waals surface area contributed by atoms with E-state index >= 15 is 0 Å². The molecule has 0 atom stereocenters. The lowest BCUT2D eigenvalue weighted by Crippen LogP contribution is -2.23. The molecule has 20 heavy (non-hydrogen) atoms. The van der Waals surface area contributed by atoms with E-state index in [1.54, 1.807) is 12.3 Å². The van der Waals surface area contributed by atoms with Gasteiger partial charge in [0.25, 0.3) is 5.91 Å². The molecule has 0 radical (unpaired) electrons. The molecule has 0 aromatic carbocycles. The zero-order valence-electron chi connectivity index (χ0n) is 12.2. The van der Waals surface area contributed by atoms with Crippen LogP contribution in [0.15, 0.2) is 24.4 Å². The van der Waals surface area contributed by atoms with Gasteiger partial charge in [0.1, 0.15) is 5.69 Å². The van der Waals surface area contributed by atoms with Crippen LogP contribution in [0.1, 0.15) is 42.6 Å². The maximum absolute atomic E-state index is 11.8. The number of pyridine rings is 1. The van der Waals surface area contributed by atoms with Gasteiger partial charge in [0.15, 0.2) is 0 Å². The Labute approximate surface area is 119 Å². The predicted molar refractivity (Wildman–Crippen MR) is 78.1 cm³/mol. The highest BCUT2D eigenvalue weighted by molar-refractivity contribution is 5.92. The van der Waals surface area contributed by atoms with Crippen LogP contribution in [0.3, 0.4) is 0 Å². The number of nitrogens with zero attached hydrogens (tertiary/aromatic N) is 3. The lowest BCUT2D eigenvalue weighted by atomic mass is 10.2. The van der Waals surface area contributed by atoms with Gasteiger partial charge in [0.05, 0.1) is 11.4 Å². The Morgan fingerprint density at radius 2 is 2.05 bits per heavy atom. The number of hydrogen-bond donors (Lipinski definition) is 1. The lowest BCUT2D eigenvalue weighted by molar-refractivity contribution is 0.0951. The zero-order chi connectivity index (χ0) is 14.5. The van der Waals surface area contributed by atoms with Crippen LogP contribution in [0, 0.1) is 0 Å². The Hall–Kier alpha value is -2.17. The van der Waals surface area contributed by atoms with E-state index in [0.29, 0.717) is 12.2 Å². The van der Waals surface area contributed by atoms with E-state index in [4.69, 9.17) is 0 Å². The molecule has 0 spiro atoms. The fourth-order valence-corrected chi connectivity index (χ4v) is 2.05. The quantitative estimate of drug-likeness (QED) is 0.907. The first-order valence-corrected chi connectivity index (χ1v) is 7.02. The van der Waals surface area contributed by atoms with Gasteiger partial charge in [-0.2, -0.15) is 5.10 Å². The summed E-state index contributed by atoms with van der Waals surface area (Å²) in [5.74, 6) is -0.157. The summed E-state index contributed by atoms with van der Waals surface area (Å²) in [6.07, 6.45) is 3.44. The second-order valence-electron chi connectivity index (χ2n) is 4.50. The van der Waals surface area contributed by atoms with Gasteiger partial charge in [-0.3, -0.25) is 9.78 Å². The molecular formula is C15H20N4O. The number of aryl methyl sites for hydroxylation is 2. The number of amides is 1. The van der Waals surface area contributed by atoms with Crippen molar-refractivity contribution < 1.29 is 4.79 Å². The number of carbonyl (C=O) groups excluding carboxylic acids is 1. The summed E-state index contributed by atoms with van der Waals surface area (Å²) in [5, 5.41) is 7.33. The van der Waals surface area contributed by atoms with Crippen LogP contribution in [0.5, 0.6) is 0 Å². The summed E-state index contributed by atoms with van der Waals surface area (Å²) >= 11 is 0. The molecule has 0 unspecified atom stereocenters. The van der Waals surface area contributed by atoms with Crippen molar-refractivity contribution in [1.82, 2.24) is 20.1 Å². The fraction of sp³-hybridized carbons (Fsp3) is 0.400. The van der Waals surface area contributed by atoms with E-state index in [9.17, 15) is 4.79 Å². The molecule has 0 aliphatic carbocycles. The molecule has 1 N–H and O–H groups in total. The maximum Gasteiger partial charge on any atom is 0.269 e. The van der Waals surface area contributed by atoms with E-state index in [-0.39, 0.29) is 5.91 Å². The number of hydrogen-bond acceptors (Lipinski definition) is 3. The van der Waals surface area contributed by atoms with Crippen molar-refractivity contribution in [3.8, 4) is 5.69 Å². The molecule has 0 saturated carbocycles. The normalized spacial score (nSPS) is 10.6. The fourth-order valence-electron chi connectivity index (χ4n) is 2.05. The van der Waals surface area contributed by atoms with E-state index in [2.05, 4.69) is 35.3 Å². The van der Waals surface area contributed by atoms with Crippen LogP contribution in [-0.4, -0.2) is 27.2 Å². The van der Waals surface area contributed by atoms with Crippen LogP contribution in [0.25, 0.3) is 5.69 Å². The van der Waals surface area contributed by atoms with Gasteiger partial charge in [-0.05, 0) is 38.0 Å². The van der Waals surface area contributed by atoms with Crippen LogP contribution >= 0.6 is 0 Å². The van der Waals surface area contributed by atoms with Crippen LogP contribution < -0.4 is 5.32 Å². The first-order chi connectivity index (χ1) is 9.69. The van der Waals surface area contributed by atoms with E-state index < -0.39 is 0 Å². The highest BCUT2D eigenvalue weighted by Crippen LogP contribution is 2.14. The highest BCUT2D eigenvalue weighted by Gasteiger charge is 2.11. The third-order valence-corrected chi connectivity index (χ3v) is 3.12. The minimum absolute atomic E-state index is 0.157. The molecule has 2 rings (SSSR count). The van der Waals surface area contributed by atoms with E-state index in [1.165, 1.54) is 0 Å². The monoisotopic (exact) mass is 272 g/mol. The Bertz CT molecular complexity index is 604. The zero-order valence-corrected chi connectivity index (χ0v) is 12.2. The molecule has 0 bridgehead atoms. The number of rotatable bonds is 5. The summed E-state index contributed by atoms with van der Waals surface area (Å²) in [4.78, 5) is 16.0. The molecule has 2 aromatic heterocycles. The van der Waals surface area contributed by atoms with Crippen molar-refractivity contribution in [2.45, 2.75) is 33.6 Å². The molecule has 1 amide bonds. The topological polar surface area (TPSA) is 59.8 Å². The first-order valence-electron chi connectivity index (χ1n) is 7.02. The van der Waals surface area contributed by atoms with Gasteiger partial charge < -0.3 is 5.32 Å². The number of aromatic nitrogens is 3. The molecule has 5 heteroatoms. The molecule has 0 saturated heterocycles. The number of nitrogens with one attached hydrogen (secondary N) is 1. The maximum atomic E-state index is 11.8. The van der Waals surface area contributed by atoms with Gasteiger partial charge in [0, 0.05) is 18.4 Å². The Kier molecular flexibility index (Phi) is 4.50. The van der Waals surface area contributed by atoms with Gasteiger partial charge in [-0.25, -0.2) is 4.68 Å². The van der Waals surface area contributed by atoms with Crippen LogP contribution in [-0.2, 0) is 12.8 Å². The lowest BCUT2D eigenvalue weighted by Gasteiger charge is -2.07. The Morgan fingerprint density at radius 1 is 1.25 bits per heavy atom. The minimum Gasteiger partial charge on any atom is -0.351 e. The number of carbonyl (C=O) groups is 1. The summed E-state index contributed by atoms with van der Waals surface area (Å²) in [7, 11) is 0. The van der Waals surface area contributed by atoms with E-state index in [0.717, 1.165) is 29.9 Å². The van der Waals surface area contributed by atoms with Gasteiger partial charge in [0.2, 0.25) is 0 Å². The average molecular weight is 272 g/mol. The second kappa shape index (κ2) is 6.32. The molecule has 0 fully saturated rings. The van der Waals surface area contributed by atoms with Crippen molar-refractivity contribution in [3.63, 3.8) is 0 Å². The molecule has 0 aliphatic heterocycles. The van der Waals surface area contributed by atoms with Crippen molar-refractivity contribution in [2.75, 3.05) is 6.54 Å². The Balaban J connectivity index is 2.40. The summed E-state index contributed by atoms with van der Waals surface area (Å²) in [6.45, 7) is 6.66.